The van der Waals surface area contributed by atoms with Crippen LogP contribution in [0.15, 0.2) is 71.5 Å². The van der Waals surface area contributed by atoms with E-state index in [0.717, 1.165) is 4.47 Å². The van der Waals surface area contributed by atoms with Crippen LogP contribution < -0.4 is 9.64 Å². The number of piperazine rings is 1. The van der Waals surface area contributed by atoms with Crippen LogP contribution in [0.1, 0.15) is 10.4 Å². The van der Waals surface area contributed by atoms with Crippen molar-refractivity contribution >= 4 is 27.8 Å². The summed E-state index contributed by atoms with van der Waals surface area (Å²) in [5.74, 6) is 1.91. The standard InChI is InChI=1S/C21H19BrN4O2/c22-16-5-3-6-17(15-16)28-19-8-2-1-7-18(19)20(27)25-11-13-26(14-12-25)21-23-9-4-10-24-21/h1-10,15H,11-14H2. The molecule has 0 atom stereocenters. The van der Waals surface area contributed by atoms with Gasteiger partial charge in [-0.3, -0.25) is 4.79 Å². The van der Waals surface area contributed by atoms with Gasteiger partial charge in [0, 0.05) is 43.0 Å². The van der Waals surface area contributed by atoms with E-state index in [9.17, 15) is 4.79 Å². The molecular formula is C21H19BrN4O2. The lowest BCUT2D eigenvalue weighted by Gasteiger charge is -2.34. The van der Waals surface area contributed by atoms with Gasteiger partial charge in [-0.05, 0) is 36.4 Å². The highest BCUT2D eigenvalue weighted by Gasteiger charge is 2.25. The molecule has 0 bridgehead atoms. The summed E-state index contributed by atoms with van der Waals surface area (Å²) in [5.41, 5.74) is 0.562. The lowest BCUT2D eigenvalue weighted by atomic mass is 10.1. The zero-order chi connectivity index (χ0) is 19.3. The molecule has 0 radical (unpaired) electrons. The third-order valence-corrected chi connectivity index (χ3v) is 5.04. The summed E-state index contributed by atoms with van der Waals surface area (Å²) in [4.78, 5) is 25.6. The Morgan fingerprint density at radius 1 is 0.929 bits per heavy atom. The van der Waals surface area contributed by atoms with Crippen LogP contribution in [0, 0.1) is 0 Å². The molecule has 6 nitrogen and oxygen atoms in total. The van der Waals surface area contributed by atoms with E-state index in [-0.39, 0.29) is 5.91 Å². The van der Waals surface area contributed by atoms with Gasteiger partial charge < -0.3 is 14.5 Å². The summed E-state index contributed by atoms with van der Waals surface area (Å²) in [7, 11) is 0. The molecule has 1 aliphatic heterocycles. The largest absolute Gasteiger partial charge is 0.456 e. The Labute approximate surface area is 171 Å². The van der Waals surface area contributed by atoms with E-state index >= 15 is 0 Å². The number of hydrogen-bond donors (Lipinski definition) is 0. The summed E-state index contributed by atoms with van der Waals surface area (Å²) in [6.07, 6.45) is 3.46. The minimum Gasteiger partial charge on any atom is -0.456 e. The molecular weight excluding hydrogens is 420 g/mol. The highest BCUT2D eigenvalue weighted by molar-refractivity contribution is 9.10. The number of nitrogens with zero attached hydrogens (tertiary/aromatic N) is 4. The number of amides is 1. The van der Waals surface area contributed by atoms with Gasteiger partial charge in [0.25, 0.3) is 5.91 Å². The fraction of sp³-hybridized carbons (Fsp3) is 0.190. The van der Waals surface area contributed by atoms with Gasteiger partial charge in [0.15, 0.2) is 0 Å². The molecule has 7 heteroatoms. The predicted molar refractivity (Wildman–Crippen MR) is 111 cm³/mol. The number of para-hydroxylation sites is 1. The first-order valence-corrected chi connectivity index (χ1v) is 9.84. The molecule has 3 aromatic rings. The van der Waals surface area contributed by atoms with Crippen molar-refractivity contribution in [3.8, 4) is 11.5 Å². The molecule has 1 aliphatic rings. The van der Waals surface area contributed by atoms with Crippen molar-refractivity contribution in [3.63, 3.8) is 0 Å². The molecule has 0 saturated carbocycles. The number of hydrogen-bond acceptors (Lipinski definition) is 5. The summed E-state index contributed by atoms with van der Waals surface area (Å²) >= 11 is 3.44. The fourth-order valence-electron chi connectivity index (χ4n) is 3.12. The zero-order valence-electron chi connectivity index (χ0n) is 15.2. The molecule has 0 spiro atoms. The van der Waals surface area contributed by atoms with Crippen molar-refractivity contribution in [2.24, 2.45) is 0 Å². The van der Waals surface area contributed by atoms with E-state index in [1.165, 1.54) is 0 Å². The van der Waals surface area contributed by atoms with Crippen LogP contribution in [0.2, 0.25) is 0 Å². The maximum atomic E-state index is 13.1. The molecule has 2 heterocycles. The number of benzene rings is 2. The number of halogens is 1. The Kier molecular flexibility index (Phi) is 5.53. The van der Waals surface area contributed by atoms with Gasteiger partial charge in [-0.15, -0.1) is 0 Å². The van der Waals surface area contributed by atoms with Crippen LogP contribution in [0.4, 0.5) is 5.95 Å². The van der Waals surface area contributed by atoms with E-state index in [0.29, 0.717) is 49.2 Å². The molecule has 1 aromatic heterocycles. The molecule has 1 fully saturated rings. The topological polar surface area (TPSA) is 58.6 Å². The summed E-state index contributed by atoms with van der Waals surface area (Å²) in [6, 6.07) is 16.7. The van der Waals surface area contributed by atoms with Crippen molar-refractivity contribution < 1.29 is 9.53 Å². The van der Waals surface area contributed by atoms with Crippen molar-refractivity contribution in [3.05, 3.63) is 77.0 Å². The molecule has 0 aliphatic carbocycles. The zero-order valence-corrected chi connectivity index (χ0v) is 16.7. The Balaban J connectivity index is 1.47. The first kappa shape index (κ1) is 18.4. The van der Waals surface area contributed by atoms with Crippen molar-refractivity contribution in [1.82, 2.24) is 14.9 Å². The number of rotatable bonds is 4. The molecule has 1 saturated heterocycles. The second kappa shape index (κ2) is 8.39. The quantitative estimate of drug-likeness (QED) is 0.616. The highest BCUT2D eigenvalue weighted by atomic mass is 79.9. The lowest BCUT2D eigenvalue weighted by Crippen LogP contribution is -2.49. The Bertz CT molecular complexity index is 959. The lowest BCUT2D eigenvalue weighted by molar-refractivity contribution is 0.0743. The number of ether oxygens (including phenoxy) is 1. The maximum Gasteiger partial charge on any atom is 0.257 e. The fourth-order valence-corrected chi connectivity index (χ4v) is 3.50. The van der Waals surface area contributed by atoms with Crippen LogP contribution in [0.25, 0.3) is 0 Å². The average Bonchev–Trinajstić information content (AvgIpc) is 2.74. The normalized spacial score (nSPS) is 14.0. The van der Waals surface area contributed by atoms with Crippen LogP contribution in [0.5, 0.6) is 11.5 Å². The first-order chi connectivity index (χ1) is 13.7. The van der Waals surface area contributed by atoms with Crippen molar-refractivity contribution in [2.75, 3.05) is 31.1 Å². The molecule has 0 N–H and O–H groups in total. The average molecular weight is 439 g/mol. The third-order valence-electron chi connectivity index (χ3n) is 4.54. The number of carbonyl (C=O) groups excluding carboxylic acids is 1. The van der Waals surface area contributed by atoms with Gasteiger partial charge in [0.2, 0.25) is 5.95 Å². The van der Waals surface area contributed by atoms with Crippen molar-refractivity contribution in [1.29, 1.82) is 0 Å². The predicted octanol–water partition coefficient (Wildman–Crippen LogP) is 3.99. The van der Waals surface area contributed by atoms with E-state index in [4.69, 9.17) is 4.74 Å². The number of aromatic nitrogens is 2. The van der Waals surface area contributed by atoms with Crippen LogP contribution in [0.3, 0.4) is 0 Å². The Morgan fingerprint density at radius 3 is 2.43 bits per heavy atom. The second-order valence-corrected chi connectivity index (χ2v) is 7.30. The minimum atomic E-state index is -0.0285. The SMILES string of the molecule is O=C(c1ccccc1Oc1cccc(Br)c1)N1CCN(c2ncccn2)CC1. The summed E-state index contributed by atoms with van der Waals surface area (Å²) < 4.78 is 6.91. The molecule has 2 aromatic carbocycles. The van der Waals surface area contributed by atoms with Crippen LogP contribution >= 0.6 is 15.9 Å². The van der Waals surface area contributed by atoms with Crippen LogP contribution in [-0.2, 0) is 0 Å². The van der Waals surface area contributed by atoms with Crippen LogP contribution in [-0.4, -0.2) is 47.0 Å². The second-order valence-electron chi connectivity index (χ2n) is 6.38. The van der Waals surface area contributed by atoms with Gasteiger partial charge in [-0.1, -0.05) is 34.1 Å². The maximum absolute atomic E-state index is 13.1. The molecule has 28 heavy (non-hydrogen) atoms. The van der Waals surface area contributed by atoms with E-state index in [2.05, 4.69) is 30.8 Å². The van der Waals surface area contributed by atoms with Gasteiger partial charge >= 0.3 is 0 Å². The summed E-state index contributed by atoms with van der Waals surface area (Å²) in [5, 5.41) is 0. The van der Waals surface area contributed by atoms with E-state index in [1.54, 1.807) is 18.5 Å². The molecule has 4 rings (SSSR count). The van der Waals surface area contributed by atoms with Crippen molar-refractivity contribution in [2.45, 2.75) is 0 Å². The van der Waals surface area contributed by atoms with E-state index in [1.807, 2.05) is 53.4 Å². The Morgan fingerprint density at radius 2 is 1.68 bits per heavy atom. The van der Waals surface area contributed by atoms with Gasteiger partial charge in [-0.25, -0.2) is 9.97 Å². The molecule has 142 valence electrons. The van der Waals surface area contributed by atoms with Gasteiger partial charge in [0.1, 0.15) is 11.5 Å². The van der Waals surface area contributed by atoms with Gasteiger partial charge in [0.05, 0.1) is 5.56 Å². The third kappa shape index (κ3) is 4.14. The smallest absolute Gasteiger partial charge is 0.257 e. The van der Waals surface area contributed by atoms with Gasteiger partial charge in [-0.2, -0.15) is 0 Å². The molecule has 1 amide bonds. The first-order valence-electron chi connectivity index (χ1n) is 9.04. The molecule has 0 unspecified atom stereocenters. The number of carbonyl (C=O) groups is 1. The minimum absolute atomic E-state index is 0.0285. The highest BCUT2D eigenvalue weighted by Crippen LogP contribution is 2.28. The van der Waals surface area contributed by atoms with E-state index < -0.39 is 0 Å². The summed E-state index contributed by atoms with van der Waals surface area (Å²) in [6.45, 7) is 2.62. The Hall–Kier alpha value is -2.93. The monoisotopic (exact) mass is 438 g/mol. The number of anilines is 1.